The predicted octanol–water partition coefficient (Wildman–Crippen LogP) is 4.39. The van der Waals surface area contributed by atoms with E-state index in [1.54, 1.807) is 0 Å². The molecule has 0 heterocycles. The van der Waals surface area contributed by atoms with Crippen LogP contribution in [-0.4, -0.2) is 19.4 Å². The molecule has 0 aliphatic heterocycles. The molecule has 2 aliphatic carbocycles. The van der Waals surface area contributed by atoms with E-state index in [1.807, 2.05) is 6.92 Å². The van der Waals surface area contributed by atoms with Crippen LogP contribution in [0.3, 0.4) is 0 Å². The highest BCUT2D eigenvalue weighted by Crippen LogP contribution is 2.35. The molecule has 2 saturated carbocycles. The molecule has 0 saturated heterocycles. The summed E-state index contributed by atoms with van der Waals surface area (Å²) in [6.45, 7) is 6.13. The second-order valence-corrected chi connectivity index (χ2v) is 6.50. The Morgan fingerprint density at radius 3 is 2.38 bits per heavy atom. The van der Waals surface area contributed by atoms with Crippen molar-refractivity contribution in [1.82, 2.24) is 0 Å². The number of hydrogen-bond acceptors (Lipinski definition) is 3. The average molecular weight is 292 g/mol. The Bertz CT molecular complexity index is 385. The molecule has 21 heavy (non-hydrogen) atoms. The maximum absolute atomic E-state index is 12.4. The van der Waals surface area contributed by atoms with Gasteiger partial charge >= 0.3 is 5.97 Å². The summed E-state index contributed by atoms with van der Waals surface area (Å²) in [5, 5.41) is 0. The molecule has 2 aliphatic rings. The van der Waals surface area contributed by atoms with Crippen LogP contribution < -0.4 is 0 Å². The van der Waals surface area contributed by atoms with Crippen molar-refractivity contribution < 1.29 is 14.3 Å². The highest BCUT2D eigenvalue weighted by atomic mass is 16.7. The second-order valence-electron chi connectivity index (χ2n) is 6.50. The molecule has 0 spiro atoms. The van der Waals surface area contributed by atoms with Crippen LogP contribution >= 0.6 is 0 Å². The van der Waals surface area contributed by atoms with E-state index in [1.165, 1.54) is 38.5 Å². The predicted molar refractivity (Wildman–Crippen MR) is 83.7 cm³/mol. The average Bonchev–Trinajstić information content (AvgIpc) is 3.12. The molecule has 3 heteroatoms. The van der Waals surface area contributed by atoms with Crippen molar-refractivity contribution in [3.05, 3.63) is 23.8 Å². The van der Waals surface area contributed by atoms with Gasteiger partial charge in [0.15, 0.2) is 6.79 Å². The quantitative estimate of drug-likeness (QED) is 0.229. The fourth-order valence-corrected chi connectivity index (χ4v) is 3.38. The maximum Gasteiger partial charge on any atom is 0.336 e. The van der Waals surface area contributed by atoms with Crippen LogP contribution in [0, 0.1) is 11.8 Å². The van der Waals surface area contributed by atoms with Gasteiger partial charge in [0, 0.05) is 5.57 Å². The number of hydrogen-bond donors (Lipinski definition) is 0. The van der Waals surface area contributed by atoms with Crippen molar-refractivity contribution in [2.45, 2.75) is 58.3 Å². The van der Waals surface area contributed by atoms with Crippen LogP contribution in [0.25, 0.3) is 0 Å². The van der Waals surface area contributed by atoms with Crippen LogP contribution in [0.2, 0.25) is 0 Å². The molecule has 0 aromatic carbocycles. The lowest BCUT2D eigenvalue weighted by atomic mass is 9.93. The number of rotatable bonds is 7. The third-order valence-electron chi connectivity index (χ3n) is 4.47. The molecule has 0 unspecified atom stereocenters. The zero-order valence-corrected chi connectivity index (χ0v) is 13.2. The molecule has 0 amide bonds. The Labute approximate surface area is 128 Å². The monoisotopic (exact) mass is 292 g/mol. The molecule has 0 radical (unpaired) electrons. The van der Waals surface area contributed by atoms with E-state index in [2.05, 4.69) is 12.7 Å². The van der Waals surface area contributed by atoms with Crippen LogP contribution in [-0.2, 0) is 14.3 Å². The zero-order chi connectivity index (χ0) is 15.1. The number of esters is 1. The largest absolute Gasteiger partial charge is 0.435 e. The third-order valence-corrected chi connectivity index (χ3v) is 4.47. The van der Waals surface area contributed by atoms with Gasteiger partial charge in [-0.05, 0) is 44.4 Å². The summed E-state index contributed by atoms with van der Waals surface area (Å²) in [5.74, 6) is 0.805. The van der Waals surface area contributed by atoms with Gasteiger partial charge in [-0.3, -0.25) is 0 Å². The fourth-order valence-electron chi connectivity index (χ4n) is 3.38. The topological polar surface area (TPSA) is 35.5 Å². The smallest absolute Gasteiger partial charge is 0.336 e. The zero-order valence-electron chi connectivity index (χ0n) is 13.2. The van der Waals surface area contributed by atoms with E-state index in [0.29, 0.717) is 18.4 Å². The summed E-state index contributed by atoms with van der Waals surface area (Å²) in [6.07, 6.45) is 11.9. The van der Waals surface area contributed by atoms with E-state index in [9.17, 15) is 4.79 Å². The van der Waals surface area contributed by atoms with Gasteiger partial charge in [0.05, 0.1) is 6.61 Å². The molecule has 118 valence electrons. The summed E-state index contributed by atoms with van der Waals surface area (Å²) in [6, 6.07) is 0. The van der Waals surface area contributed by atoms with E-state index in [-0.39, 0.29) is 12.8 Å². The Morgan fingerprint density at radius 1 is 1.14 bits per heavy atom. The molecule has 2 fully saturated rings. The van der Waals surface area contributed by atoms with Crippen molar-refractivity contribution in [3.63, 3.8) is 0 Å². The van der Waals surface area contributed by atoms with Gasteiger partial charge in [-0.15, -0.1) is 0 Å². The minimum Gasteiger partial charge on any atom is -0.435 e. The Kier molecular flexibility index (Phi) is 6.50. The normalized spacial score (nSPS) is 20.9. The van der Waals surface area contributed by atoms with Gasteiger partial charge in [0.25, 0.3) is 0 Å². The first kappa shape index (κ1) is 16.3. The first-order chi connectivity index (χ1) is 10.2. The Balaban J connectivity index is 1.90. The summed E-state index contributed by atoms with van der Waals surface area (Å²) >= 11 is 0. The number of ether oxygens (including phenoxy) is 2. The minimum atomic E-state index is -0.171. The highest BCUT2D eigenvalue weighted by Gasteiger charge is 2.27. The molecule has 0 N–H and O–H groups in total. The minimum absolute atomic E-state index is 0.0282. The Hall–Kier alpha value is -1.09. The third kappa shape index (κ3) is 5.31. The van der Waals surface area contributed by atoms with Gasteiger partial charge in [-0.1, -0.05) is 43.9 Å². The first-order valence-corrected chi connectivity index (χ1v) is 8.28. The summed E-state index contributed by atoms with van der Waals surface area (Å²) in [7, 11) is 0. The van der Waals surface area contributed by atoms with Gasteiger partial charge in [-0.2, -0.15) is 0 Å². The lowest BCUT2D eigenvalue weighted by Crippen LogP contribution is -2.17. The van der Waals surface area contributed by atoms with Gasteiger partial charge in [-0.25, -0.2) is 4.79 Å². The van der Waals surface area contributed by atoms with E-state index in [0.717, 1.165) is 24.0 Å². The lowest BCUT2D eigenvalue weighted by Gasteiger charge is -2.16. The van der Waals surface area contributed by atoms with Gasteiger partial charge < -0.3 is 9.47 Å². The number of carbonyl (C=O) groups excluding carboxylic acids is 1. The molecule has 0 atom stereocenters. The molecule has 0 aromatic heterocycles. The molecular formula is C18H28O3. The van der Waals surface area contributed by atoms with Crippen molar-refractivity contribution >= 4 is 5.97 Å². The van der Waals surface area contributed by atoms with Crippen molar-refractivity contribution in [2.24, 2.45) is 11.8 Å². The molecule has 0 bridgehead atoms. The maximum atomic E-state index is 12.4. The van der Waals surface area contributed by atoms with E-state index >= 15 is 0 Å². The van der Waals surface area contributed by atoms with E-state index < -0.39 is 0 Å². The first-order valence-electron chi connectivity index (χ1n) is 8.28. The molecular weight excluding hydrogens is 264 g/mol. The van der Waals surface area contributed by atoms with Gasteiger partial charge in [0.1, 0.15) is 0 Å². The lowest BCUT2D eigenvalue weighted by molar-refractivity contribution is -0.151. The van der Waals surface area contributed by atoms with Crippen molar-refractivity contribution in [1.29, 1.82) is 0 Å². The summed E-state index contributed by atoms with van der Waals surface area (Å²) < 4.78 is 10.6. The molecule has 0 aromatic rings. The number of carbonyl (C=O) groups is 1. The fraction of sp³-hybridized carbons (Fsp3) is 0.722. The van der Waals surface area contributed by atoms with Crippen LogP contribution in [0.5, 0.6) is 0 Å². The molecule has 2 rings (SSSR count). The molecule has 3 nitrogen and oxygen atoms in total. The van der Waals surface area contributed by atoms with Gasteiger partial charge in [0.2, 0.25) is 0 Å². The van der Waals surface area contributed by atoms with E-state index in [4.69, 9.17) is 9.47 Å². The summed E-state index contributed by atoms with van der Waals surface area (Å²) in [4.78, 5) is 12.4. The standard InChI is InChI=1S/C18H28O3/c1-14(2)12-20-13-21-18(19)17(16-9-5-6-10-16)11-15-7-3-4-8-15/h11,15-16H,1,3-10,12-13H2,2H3/b17-11-. The second kappa shape index (κ2) is 8.38. The van der Waals surface area contributed by atoms with Crippen molar-refractivity contribution in [3.8, 4) is 0 Å². The SMILES string of the molecule is C=C(C)COCOC(=O)/C(=C\C1CCCC1)C1CCCC1. The van der Waals surface area contributed by atoms with Crippen LogP contribution in [0.1, 0.15) is 58.3 Å². The highest BCUT2D eigenvalue weighted by molar-refractivity contribution is 5.89. The number of allylic oxidation sites excluding steroid dienone is 1. The van der Waals surface area contributed by atoms with Crippen molar-refractivity contribution in [2.75, 3.05) is 13.4 Å². The summed E-state index contributed by atoms with van der Waals surface area (Å²) in [5.41, 5.74) is 1.85. The Morgan fingerprint density at radius 2 is 1.76 bits per heavy atom. The van der Waals surface area contributed by atoms with Crippen LogP contribution in [0.15, 0.2) is 23.8 Å². The van der Waals surface area contributed by atoms with Crippen LogP contribution in [0.4, 0.5) is 0 Å².